The van der Waals surface area contributed by atoms with Crippen molar-refractivity contribution in [2.24, 2.45) is 0 Å². The summed E-state index contributed by atoms with van der Waals surface area (Å²) in [6.07, 6.45) is -0.261. The Morgan fingerprint density at radius 1 is 0.867 bits per heavy atom. The third kappa shape index (κ3) is 2.21. The van der Waals surface area contributed by atoms with E-state index < -0.39 is 0 Å². The highest BCUT2D eigenvalue weighted by molar-refractivity contribution is 5.44. The molecule has 0 fully saturated rings. The van der Waals surface area contributed by atoms with E-state index in [0.29, 0.717) is 0 Å². The van der Waals surface area contributed by atoms with E-state index in [2.05, 4.69) is 33.8 Å². The topological polar surface area (TPSA) is 18.5 Å². The molecular weight excluding hydrogens is 188 g/mol. The van der Waals surface area contributed by atoms with Crippen LogP contribution in [-0.4, -0.2) is 14.2 Å². The second kappa shape index (κ2) is 4.77. The third-order valence-corrected chi connectivity index (χ3v) is 3.20. The van der Waals surface area contributed by atoms with Crippen LogP contribution in [0.15, 0.2) is 6.07 Å². The van der Waals surface area contributed by atoms with Crippen molar-refractivity contribution in [1.82, 2.24) is 0 Å². The number of rotatable bonds is 3. The molecule has 0 bridgehead atoms. The van der Waals surface area contributed by atoms with Crippen molar-refractivity contribution >= 4 is 0 Å². The molecule has 0 aliphatic heterocycles. The van der Waals surface area contributed by atoms with E-state index in [-0.39, 0.29) is 6.29 Å². The van der Waals surface area contributed by atoms with Gasteiger partial charge in [-0.1, -0.05) is 6.07 Å². The van der Waals surface area contributed by atoms with Gasteiger partial charge in [0.2, 0.25) is 0 Å². The van der Waals surface area contributed by atoms with E-state index in [0.717, 1.165) is 5.56 Å². The fourth-order valence-corrected chi connectivity index (χ4v) is 1.84. The summed E-state index contributed by atoms with van der Waals surface area (Å²) in [5.74, 6) is 0. The van der Waals surface area contributed by atoms with Crippen LogP contribution in [0.25, 0.3) is 0 Å². The Kier molecular flexibility index (Phi) is 3.89. The summed E-state index contributed by atoms with van der Waals surface area (Å²) in [6, 6.07) is 2.15. The van der Waals surface area contributed by atoms with Crippen LogP contribution in [-0.2, 0) is 9.47 Å². The molecule has 2 nitrogen and oxygen atoms in total. The summed E-state index contributed by atoms with van der Waals surface area (Å²) in [5, 5.41) is 0. The molecule has 0 amide bonds. The molecule has 0 spiro atoms. The Morgan fingerprint density at radius 3 is 1.87 bits per heavy atom. The summed E-state index contributed by atoms with van der Waals surface area (Å²) in [6.45, 7) is 8.52. The van der Waals surface area contributed by atoms with Crippen molar-refractivity contribution in [3.05, 3.63) is 33.9 Å². The van der Waals surface area contributed by atoms with Crippen molar-refractivity contribution in [3.63, 3.8) is 0 Å². The van der Waals surface area contributed by atoms with E-state index in [1.54, 1.807) is 14.2 Å². The minimum absolute atomic E-state index is 0.261. The maximum Gasteiger partial charge on any atom is 0.183 e. The fourth-order valence-electron chi connectivity index (χ4n) is 1.84. The van der Waals surface area contributed by atoms with E-state index in [1.807, 2.05) is 0 Å². The maximum absolute atomic E-state index is 5.29. The summed E-state index contributed by atoms with van der Waals surface area (Å²) in [4.78, 5) is 0. The number of hydrogen-bond acceptors (Lipinski definition) is 2. The first-order valence-corrected chi connectivity index (χ1v) is 5.15. The first kappa shape index (κ1) is 12.2. The van der Waals surface area contributed by atoms with Crippen LogP contribution < -0.4 is 0 Å². The molecule has 0 N–H and O–H groups in total. The number of aryl methyl sites for hydroxylation is 1. The Bertz CT molecular complexity index is 352. The molecule has 2 heteroatoms. The van der Waals surface area contributed by atoms with Crippen LogP contribution in [0.2, 0.25) is 0 Å². The Balaban J connectivity index is 3.31. The van der Waals surface area contributed by atoms with Gasteiger partial charge < -0.3 is 9.47 Å². The Hall–Kier alpha value is -0.860. The zero-order chi connectivity index (χ0) is 11.6. The van der Waals surface area contributed by atoms with E-state index >= 15 is 0 Å². The lowest BCUT2D eigenvalue weighted by Crippen LogP contribution is -2.08. The summed E-state index contributed by atoms with van der Waals surface area (Å²) in [5.41, 5.74) is 6.34. The van der Waals surface area contributed by atoms with Gasteiger partial charge in [-0.15, -0.1) is 0 Å². The molecular formula is C13H20O2. The highest BCUT2D eigenvalue weighted by Gasteiger charge is 2.15. The summed E-state index contributed by atoms with van der Waals surface area (Å²) < 4.78 is 10.6. The second-order valence-electron chi connectivity index (χ2n) is 3.96. The SMILES string of the molecule is COC(OC)c1cc(C)c(C)c(C)c1C. The molecule has 1 aromatic carbocycles. The van der Waals surface area contributed by atoms with Gasteiger partial charge in [0.15, 0.2) is 6.29 Å². The molecule has 0 aliphatic rings. The van der Waals surface area contributed by atoms with Crippen LogP contribution >= 0.6 is 0 Å². The van der Waals surface area contributed by atoms with E-state index in [4.69, 9.17) is 9.47 Å². The standard InChI is InChI=1S/C13H20O2/c1-8-7-12(13(14-5)15-6)11(4)10(3)9(8)2/h7,13H,1-6H3. The van der Waals surface area contributed by atoms with Crippen molar-refractivity contribution < 1.29 is 9.47 Å². The zero-order valence-electron chi connectivity index (χ0n) is 10.5. The molecule has 15 heavy (non-hydrogen) atoms. The van der Waals surface area contributed by atoms with E-state index in [9.17, 15) is 0 Å². The monoisotopic (exact) mass is 208 g/mol. The average molecular weight is 208 g/mol. The molecule has 0 unspecified atom stereocenters. The van der Waals surface area contributed by atoms with Crippen molar-refractivity contribution in [3.8, 4) is 0 Å². The highest BCUT2D eigenvalue weighted by Crippen LogP contribution is 2.27. The highest BCUT2D eigenvalue weighted by atomic mass is 16.7. The van der Waals surface area contributed by atoms with Crippen LogP contribution in [0.4, 0.5) is 0 Å². The van der Waals surface area contributed by atoms with Gasteiger partial charge in [0.05, 0.1) is 0 Å². The van der Waals surface area contributed by atoms with Gasteiger partial charge in [-0.05, 0) is 49.9 Å². The number of hydrogen-bond donors (Lipinski definition) is 0. The van der Waals surface area contributed by atoms with E-state index in [1.165, 1.54) is 22.3 Å². The molecule has 0 saturated carbocycles. The average Bonchev–Trinajstić information content (AvgIpc) is 2.24. The van der Waals surface area contributed by atoms with Gasteiger partial charge >= 0.3 is 0 Å². The third-order valence-electron chi connectivity index (χ3n) is 3.20. The lowest BCUT2D eigenvalue weighted by atomic mass is 9.94. The van der Waals surface area contributed by atoms with Gasteiger partial charge in [-0.25, -0.2) is 0 Å². The van der Waals surface area contributed by atoms with Gasteiger partial charge in [-0.2, -0.15) is 0 Å². The van der Waals surface area contributed by atoms with Crippen LogP contribution in [0.1, 0.15) is 34.1 Å². The molecule has 0 saturated heterocycles. The maximum atomic E-state index is 5.29. The molecule has 0 aliphatic carbocycles. The lowest BCUT2D eigenvalue weighted by molar-refractivity contribution is -0.106. The Morgan fingerprint density at radius 2 is 1.40 bits per heavy atom. The fraction of sp³-hybridized carbons (Fsp3) is 0.538. The lowest BCUT2D eigenvalue weighted by Gasteiger charge is -2.20. The molecule has 0 atom stereocenters. The zero-order valence-corrected chi connectivity index (χ0v) is 10.5. The molecule has 1 rings (SSSR count). The first-order valence-electron chi connectivity index (χ1n) is 5.15. The molecule has 0 aromatic heterocycles. The van der Waals surface area contributed by atoms with Gasteiger partial charge in [0.1, 0.15) is 0 Å². The molecule has 1 aromatic rings. The number of ether oxygens (including phenoxy) is 2. The quantitative estimate of drug-likeness (QED) is 0.710. The summed E-state index contributed by atoms with van der Waals surface area (Å²) >= 11 is 0. The largest absolute Gasteiger partial charge is 0.352 e. The second-order valence-corrected chi connectivity index (χ2v) is 3.96. The summed E-state index contributed by atoms with van der Waals surface area (Å²) in [7, 11) is 3.33. The Labute approximate surface area is 92.2 Å². The van der Waals surface area contributed by atoms with Crippen LogP contribution in [0.5, 0.6) is 0 Å². The minimum atomic E-state index is -0.261. The van der Waals surface area contributed by atoms with Crippen LogP contribution in [0, 0.1) is 27.7 Å². The molecule has 84 valence electrons. The minimum Gasteiger partial charge on any atom is -0.352 e. The normalized spacial score (nSPS) is 11.1. The van der Waals surface area contributed by atoms with Gasteiger partial charge in [0.25, 0.3) is 0 Å². The molecule has 0 heterocycles. The number of benzene rings is 1. The van der Waals surface area contributed by atoms with Crippen molar-refractivity contribution in [2.75, 3.05) is 14.2 Å². The predicted octanol–water partition coefficient (Wildman–Crippen LogP) is 3.21. The number of methoxy groups -OCH3 is 2. The predicted molar refractivity (Wildman–Crippen MR) is 62.1 cm³/mol. The molecule has 0 radical (unpaired) electrons. The van der Waals surface area contributed by atoms with Gasteiger partial charge in [0, 0.05) is 19.8 Å². The van der Waals surface area contributed by atoms with Crippen molar-refractivity contribution in [2.45, 2.75) is 34.0 Å². The first-order chi connectivity index (χ1) is 7.02. The van der Waals surface area contributed by atoms with Crippen molar-refractivity contribution in [1.29, 1.82) is 0 Å². The van der Waals surface area contributed by atoms with Crippen LogP contribution in [0.3, 0.4) is 0 Å². The smallest absolute Gasteiger partial charge is 0.183 e. The van der Waals surface area contributed by atoms with Gasteiger partial charge in [-0.3, -0.25) is 0 Å².